The number of rotatable bonds is 8. The Morgan fingerprint density at radius 3 is 0.576 bits per heavy atom. The molecule has 0 aliphatic heterocycles. The average molecular weight is 1240 g/mol. The second-order valence-corrected chi connectivity index (χ2v) is 42.8. The molecule has 12 aromatic rings. The van der Waals surface area contributed by atoms with E-state index in [0.717, 1.165) is 84.3 Å². The Hall–Kier alpha value is -6.76. The van der Waals surface area contributed by atoms with Crippen molar-refractivity contribution in [2.24, 2.45) is 0 Å². The maximum absolute atomic E-state index is 16.2. The molecule has 66 heavy (non-hydrogen) atoms. The molecule has 0 radical (unpaired) electrons. The zero-order chi connectivity index (χ0) is 44.1. The van der Waals surface area contributed by atoms with Crippen LogP contribution in [0.5, 0.6) is 0 Å². The van der Waals surface area contributed by atoms with Crippen LogP contribution in [0.3, 0.4) is 0 Å². The van der Waals surface area contributed by atoms with Crippen LogP contribution in [0, 0.1) is 0 Å². The molecule has 0 aliphatic carbocycles. The van der Waals surface area contributed by atoms with Gasteiger partial charge in [-0.25, -0.2) is 0 Å². The third kappa shape index (κ3) is 7.14. The summed E-state index contributed by atoms with van der Waals surface area (Å²) in [6.45, 7) is 0. The fourth-order valence-electron chi connectivity index (χ4n) is 10.1. The molecule has 0 unspecified atom stereocenters. The standard InChI is InChI=1S/6C10H7.CH2O3.2Bi.2H/c6*1-2-6-10-8-4-3-7-9(10)5-1;2-1(3)4;;;;/h6*1-3,5-8H;(H2,2,3,4);;;;/q;;;;;;;2*+1;;/p-2. The zero-order valence-corrected chi connectivity index (χ0v) is 43.7. The number of hydrogen-bond acceptors (Lipinski definition) is 3. The topological polar surface area (TPSA) is 35.5 Å². The number of carbonyl (C=O) groups excluding carboxylic acids is 1. The summed E-state index contributed by atoms with van der Waals surface area (Å²) in [6, 6.07) is 90.5. The molecule has 0 fully saturated rings. The molecule has 0 N–H and O–H groups in total. The van der Waals surface area contributed by atoms with E-state index in [9.17, 15) is 0 Å². The van der Waals surface area contributed by atoms with Crippen LogP contribution < -0.4 is 19.6 Å². The SMILES string of the molecule is O=C([O][BiH]([c]1ccc2ccccc2c1)([c]1ccc2ccccc2c1)[c]1ccc2ccccc2c1)[O][BiH]([c]1ccc2ccccc2c1)([c]1ccc2ccccc2c1)[c]1ccc2ccccc2c1. The fraction of sp³-hybridized carbons (Fsp3) is 0. The van der Waals surface area contributed by atoms with Gasteiger partial charge in [0.15, 0.2) is 0 Å². The number of benzene rings is 12. The molecule has 0 spiro atoms. The van der Waals surface area contributed by atoms with Gasteiger partial charge in [0.05, 0.1) is 0 Å². The van der Waals surface area contributed by atoms with Gasteiger partial charge in [0.1, 0.15) is 0 Å². The van der Waals surface area contributed by atoms with Crippen LogP contribution >= 0.6 is 0 Å². The van der Waals surface area contributed by atoms with Crippen molar-refractivity contribution in [2.75, 3.05) is 0 Å². The van der Waals surface area contributed by atoms with E-state index in [-0.39, 0.29) is 0 Å². The first kappa shape index (κ1) is 40.7. The summed E-state index contributed by atoms with van der Waals surface area (Å²) in [5, 5.41) is 13.3. The molecule has 12 rings (SSSR count). The molecule has 0 aliphatic rings. The van der Waals surface area contributed by atoms with Crippen LogP contribution in [0.15, 0.2) is 255 Å². The van der Waals surface area contributed by atoms with E-state index in [1.807, 2.05) is 0 Å². The molecule has 0 saturated carbocycles. The Kier molecular flexibility index (Phi) is 10.4. The average Bonchev–Trinajstić information content (AvgIpc) is 3.38. The fourth-order valence-corrected chi connectivity index (χ4v) is 39.9. The molecule has 316 valence electrons. The van der Waals surface area contributed by atoms with Crippen molar-refractivity contribution in [1.29, 1.82) is 0 Å². The van der Waals surface area contributed by atoms with Gasteiger partial charge < -0.3 is 0 Å². The Bertz CT molecular complexity index is 3210. The van der Waals surface area contributed by atoms with Crippen molar-refractivity contribution < 1.29 is 10.4 Å². The van der Waals surface area contributed by atoms with Crippen molar-refractivity contribution in [2.45, 2.75) is 0 Å². The first-order valence-corrected chi connectivity index (χ1v) is 37.2. The van der Waals surface area contributed by atoms with Crippen LogP contribution in [0.4, 0.5) is 4.79 Å². The van der Waals surface area contributed by atoms with Crippen LogP contribution in [0.25, 0.3) is 64.6 Å². The van der Waals surface area contributed by atoms with E-state index in [1.54, 1.807) is 0 Å². The molecular formula is C61H44Bi2O3. The number of hydrogen-bond donors (Lipinski definition) is 0. The first-order valence-electron chi connectivity index (χ1n) is 22.4. The molecule has 5 heteroatoms. The molecule has 0 bridgehead atoms. The second-order valence-electron chi connectivity index (χ2n) is 17.2. The van der Waals surface area contributed by atoms with E-state index >= 15 is 4.79 Å². The Morgan fingerprint density at radius 2 is 0.394 bits per heavy atom. The van der Waals surface area contributed by atoms with Gasteiger partial charge in [-0.1, -0.05) is 0 Å². The monoisotopic (exact) mass is 1240 g/mol. The number of carbonyl (C=O) groups is 1. The van der Waals surface area contributed by atoms with E-state index in [1.165, 1.54) is 0 Å². The van der Waals surface area contributed by atoms with E-state index in [2.05, 4.69) is 255 Å². The van der Waals surface area contributed by atoms with Crippen LogP contribution in [-0.4, -0.2) is 47.6 Å². The zero-order valence-electron chi connectivity index (χ0n) is 36.0. The molecule has 0 heterocycles. The summed E-state index contributed by atoms with van der Waals surface area (Å²) in [4.78, 5) is 16.2. The summed E-state index contributed by atoms with van der Waals surface area (Å²) in [5.41, 5.74) is 0. The van der Waals surface area contributed by atoms with Crippen LogP contribution in [-0.2, 0) is 5.63 Å². The molecule has 0 atom stereocenters. The Morgan fingerprint density at radius 1 is 0.227 bits per heavy atom. The van der Waals surface area contributed by atoms with E-state index < -0.39 is 47.6 Å². The minimum absolute atomic E-state index is 0.637. The van der Waals surface area contributed by atoms with E-state index in [4.69, 9.17) is 5.63 Å². The van der Waals surface area contributed by atoms with Crippen molar-refractivity contribution in [3.8, 4) is 0 Å². The predicted octanol–water partition coefficient (Wildman–Crippen LogP) is 10.9. The van der Waals surface area contributed by atoms with E-state index in [0.29, 0.717) is 0 Å². The minimum atomic E-state index is -5.23. The van der Waals surface area contributed by atoms with Crippen molar-refractivity contribution in [3.05, 3.63) is 255 Å². The molecule has 0 aromatic heterocycles. The van der Waals surface area contributed by atoms with Gasteiger partial charge in [-0.15, -0.1) is 0 Å². The summed E-state index contributed by atoms with van der Waals surface area (Å²) in [6.07, 6.45) is -0.637. The Labute approximate surface area is 393 Å². The van der Waals surface area contributed by atoms with Crippen molar-refractivity contribution in [1.82, 2.24) is 0 Å². The summed E-state index contributed by atoms with van der Waals surface area (Å²) >= 11 is -10.5. The third-order valence-corrected chi connectivity index (χ3v) is 43.3. The van der Waals surface area contributed by atoms with Gasteiger partial charge in [-0.3, -0.25) is 0 Å². The van der Waals surface area contributed by atoms with Gasteiger partial charge in [-0.2, -0.15) is 0 Å². The van der Waals surface area contributed by atoms with Crippen LogP contribution in [0.2, 0.25) is 0 Å². The first-order chi connectivity index (χ1) is 32.5. The van der Waals surface area contributed by atoms with Gasteiger partial charge >= 0.3 is 397 Å². The van der Waals surface area contributed by atoms with Gasteiger partial charge in [0.2, 0.25) is 0 Å². The van der Waals surface area contributed by atoms with Gasteiger partial charge in [-0.05, 0) is 0 Å². The number of fused-ring (bicyclic) bond motifs is 6. The van der Waals surface area contributed by atoms with Crippen molar-refractivity contribution in [3.63, 3.8) is 0 Å². The van der Waals surface area contributed by atoms with Gasteiger partial charge in [0, 0.05) is 0 Å². The summed E-state index contributed by atoms with van der Waals surface area (Å²) < 4.78 is 21.5. The summed E-state index contributed by atoms with van der Waals surface area (Å²) in [5.74, 6) is 0. The second kappa shape index (κ2) is 16.9. The quantitative estimate of drug-likeness (QED) is 0.142. The third-order valence-electron chi connectivity index (χ3n) is 13.4. The summed E-state index contributed by atoms with van der Waals surface area (Å²) in [7, 11) is 0. The van der Waals surface area contributed by atoms with Crippen molar-refractivity contribution >= 4 is 132 Å². The van der Waals surface area contributed by atoms with Gasteiger partial charge in [0.25, 0.3) is 0 Å². The molecule has 12 aromatic carbocycles. The molecule has 3 nitrogen and oxygen atoms in total. The molecular weight excluding hydrogens is 1200 g/mol. The van der Waals surface area contributed by atoms with Crippen LogP contribution in [0.1, 0.15) is 0 Å². The molecule has 0 amide bonds. The molecule has 0 saturated heterocycles. The predicted molar refractivity (Wildman–Crippen MR) is 283 cm³/mol. The Balaban J connectivity index is 1.14. The normalized spacial score (nSPS) is 12.5. The maximum atomic E-state index is 16.2.